The van der Waals surface area contributed by atoms with Crippen molar-refractivity contribution in [2.45, 2.75) is 51.1 Å². The number of amides is 1. The van der Waals surface area contributed by atoms with Crippen LogP contribution in [0.4, 0.5) is 0 Å². The SMILES string of the molecule is CCOCCN(CCOCC)C1CCCC(N)(C(N)=O)C1. The third-order valence-electron chi connectivity index (χ3n) is 4.22. The van der Waals surface area contributed by atoms with Gasteiger partial charge in [-0.3, -0.25) is 9.69 Å². The van der Waals surface area contributed by atoms with Crippen molar-refractivity contribution < 1.29 is 14.3 Å². The van der Waals surface area contributed by atoms with Gasteiger partial charge in [-0.05, 0) is 39.5 Å². The molecular formula is C15H31N3O3. The standard InChI is InChI=1S/C15H31N3O3/c1-3-20-10-8-18(9-11-21-4-2)13-6-5-7-15(17,12-13)14(16)19/h13H,3-12,17H2,1-2H3,(H2,16,19). The van der Waals surface area contributed by atoms with Crippen molar-refractivity contribution in [3.8, 4) is 0 Å². The van der Waals surface area contributed by atoms with E-state index in [1.165, 1.54) is 0 Å². The average molecular weight is 301 g/mol. The minimum atomic E-state index is -0.863. The number of carbonyl (C=O) groups is 1. The fourth-order valence-corrected chi connectivity index (χ4v) is 2.94. The van der Waals surface area contributed by atoms with Gasteiger partial charge in [0.1, 0.15) is 0 Å². The normalized spacial score (nSPS) is 26.2. The Labute approximate surface area is 128 Å². The molecule has 2 unspecified atom stereocenters. The van der Waals surface area contributed by atoms with Gasteiger partial charge in [0.05, 0.1) is 18.8 Å². The Morgan fingerprint density at radius 3 is 2.29 bits per heavy atom. The fourth-order valence-electron chi connectivity index (χ4n) is 2.94. The van der Waals surface area contributed by atoms with Gasteiger partial charge in [-0.1, -0.05) is 0 Å². The third kappa shape index (κ3) is 5.90. The predicted octanol–water partition coefficient (Wildman–Crippen LogP) is 0.487. The molecule has 0 bridgehead atoms. The maximum absolute atomic E-state index is 11.6. The van der Waals surface area contributed by atoms with Gasteiger partial charge in [0.2, 0.25) is 5.91 Å². The lowest BCUT2D eigenvalue weighted by Gasteiger charge is -2.41. The quantitative estimate of drug-likeness (QED) is 0.573. The number of carbonyl (C=O) groups excluding carboxylic acids is 1. The van der Waals surface area contributed by atoms with Crippen LogP contribution in [0.2, 0.25) is 0 Å². The van der Waals surface area contributed by atoms with Crippen LogP contribution < -0.4 is 11.5 Å². The second kappa shape index (κ2) is 9.35. The number of hydrogen-bond acceptors (Lipinski definition) is 5. The Kier molecular flexibility index (Phi) is 8.18. The van der Waals surface area contributed by atoms with Crippen LogP contribution in [-0.2, 0) is 14.3 Å². The highest BCUT2D eigenvalue weighted by Crippen LogP contribution is 2.29. The molecule has 0 aromatic rings. The number of rotatable bonds is 10. The summed E-state index contributed by atoms with van der Waals surface area (Å²) in [5.41, 5.74) is 10.8. The molecule has 1 rings (SSSR count). The molecule has 21 heavy (non-hydrogen) atoms. The number of hydrogen-bond donors (Lipinski definition) is 2. The van der Waals surface area contributed by atoms with Gasteiger partial charge in [0, 0.05) is 32.3 Å². The summed E-state index contributed by atoms with van der Waals surface area (Å²) in [6.07, 6.45) is 3.29. The van der Waals surface area contributed by atoms with Gasteiger partial charge in [0.25, 0.3) is 0 Å². The second-order valence-corrected chi connectivity index (χ2v) is 5.70. The third-order valence-corrected chi connectivity index (χ3v) is 4.22. The summed E-state index contributed by atoms with van der Waals surface area (Å²) in [4.78, 5) is 13.9. The van der Waals surface area contributed by atoms with Crippen molar-refractivity contribution >= 4 is 5.91 Å². The summed E-state index contributed by atoms with van der Waals surface area (Å²) in [6.45, 7) is 8.45. The van der Waals surface area contributed by atoms with Crippen molar-refractivity contribution in [2.24, 2.45) is 11.5 Å². The molecule has 0 saturated heterocycles. The zero-order valence-electron chi connectivity index (χ0n) is 13.5. The van der Waals surface area contributed by atoms with E-state index in [4.69, 9.17) is 20.9 Å². The Morgan fingerprint density at radius 2 is 1.81 bits per heavy atom. The number of nitrogens with zero attached hydrogens (tertiary/aromatic N) is 1. The van der Waals surface area contributed by atoms with Gasteiger partial charge >= 0.3 is 0 Å². The molecule has 0 aromatic carbocycles. The first kappa shape index (κ1) is 18.4. The second-order valence-electron chi connectivity index (χ2n) is 5.70. The van der Waals surface area contributed by atoms with Gasteiger partial charge in [0.15, 0.2) is 0 Å². The zero-order chi connectivity index (χ0) is 15.7. The van der Waals surface area contributed by atoms with E-state index < -0.39 is 5.54 Å². The molecule has 6 nitrogen and oxygen atoms in total. The molecular weight excluding hydrogens is 270 g/mol. The lowest BCUT2D eigenvalue weighted by molar-refractivity contribution is -0.125. The van der Waals surface area contributed by atoms with Crippen LogP contribution in [0.5, 0.6) is 0 Å². The highest BCUT2D eigenvalue weighted by Gasteiger charge is 2.39. The Morgan fingerprint density at radius 1 is 1.24 bits per heavy atom. The molecule has 0 aliphatic heterocycles. The summed E-state index contributed by atoms with van der Waals surface area (Å²) >= 11 is 0. The highest BCUT2D eigenvalue weighted by atomic mass is 16.5. The number of nitrogens with two attached hydrogens (primary N) is 2. The summed E-state index contributed by atoms with van der Waals surface area (Å²) in [5, 5.41) is 0. The van der Waals surface area contributed by atoms with E-state index in [1.54, 1.807) is 0 Å². The van der Waals surface area contributed by atoms with Gasteiger partial charge in [-0.2, -0.15) is 0 Å². The maximum atomic E-state index is 11.6. The fraction of sp³-hybridized carbons (Fsp3) is 0.933. The minimum absolute atomic E-state index is 0.275. The summed E-state index contributed by atoms with van der Waals surface area (Å²) in [6, 6.07) is 0.275. The van der Waals surface area contributed by atoms with Gasteiger partial charge in [-0.15, -0.1) is 0 Å². The smallest absolute Gasteiger partial charge is 0.237 e. The Hall–Kier alpha value is -0.690. The van der Waals surface area contributed by atoms with Crippen molar-refractivity contribution in [2.75, 3.05) is 39.5 Å². The zero-order valence-corrected chi connectivity index (χ0v) is 13.5. The van der Waals surface area contributed by atoms with Crippen molar-refractivity contribution in [1.82, 2.24) is 4.90 Å². The predicted molar refractivity (Wildman–Crippen MR) is 82.9 cm³/mol. The van der Waals surface area contributed by atoms with Crippen LogP contribution >= 0.6 is 0 Å². The van der Waals surface area contributed by atoms with Crippen LogP contribution in [0.15, 0.2) is 0 Å². The van der Waals surface area contributed by atoms with Crippen LogP contribution in [0.1, 0.15) is 39.5 Å². The molecule has 1 aliphatic carbocycles. The first-order valence-corrected chi connectivity index (χ1v) is 8.01. The van der Waals surface area contributed by atoms with Gasteiger partial charge in [-0.25, -0.2) is 0 Å². The number of primary amides is 1. The van der Waals surface area contributed by atoms with E-state index in [2.05, 4.69) is 4.90 Å². The largest absolute Gasteiger partial charge is 0.380 e. The van der Waals surface area contributed by atoms with Gasteiger partial charge < -0.3 is 20.9 Å². The molecule has 0 radical (unpaired) electrons. The summed E-state index contributed by atoms with van der Waals surface area (Å²) < 4.78 is 10.9. The molecule has 2 atom stereocenters. The lowest BCUT2D eigenvalue weighted by atomic mass is 9.78. The molecule has 0 aromatic heterocycles. The van der Waals surface area contributed by atoms with Crippen LogP contribution in [-0.4, -0.2) is 61.9 Å². The van der Waals surface area contributed by atoms with E-state index in [0.29, 0.717) is 39.3 Å². The molecule has 0 spiro atoms. The Balaban J connectivity index is 2.59. The Bertz CT molecular complexity index is 305. The minimum Gasteiger partial charge on any atom is -0.380 e. The maximum Gasteiger partial charge on any atom is 0.237 e. The van der Waals surface area contributed by atoms with E-state index in [0.717, 1.165) is 25.9 Å². The molecule has 1 saturated carbocycles. The first-order chi connectivity index (χ1) is 10.0. The molecule has 0 heterocycles. The molecule has 1 fully saturated rings. The van der Waals surface area contributed by atoms with Crippen LogP contribution in [0.3, 0.4) is 0 Å². The topological polar surface area (TPSA) is 90.8 Å². The van der Waals surface area contributed by atoms with Crippen molar-refractivity contribution in [3.63, 3.8) is 0 Å². The molecule has 1 amide bonds. The summed E-state index contributed by atoms with van der Waals surface area (Å²) in [7, 11) is 0. The van der Waals surface area contributed by atoms with Crippen LogP contribution in [0.25, 0.3) is 0 Å². The van der Waals surface area contributed by atoms with E-state index in [9.17, 15) is 4.79 Å². The highest BCUT2D eigenvalue weighted by molar-refractivity contribution is 5.84. The summed E-state index contributed by atoms with van der Waals surface area (Å²) in [5.74, 6) is -0.387. The monoisotopic (exact) mass is 301 g/mol. The first-order valence-electron chi connectivity index (χ1n) is 8.01. The van der Waals surface area contributed by atoms with E-state index in [-0.39, 0.29) is 11.9 Å². The van der Waals surface area contributed by atoms with E-state index in [1.807, 2.05) is 13.8 Å². The molecule has 124 valence electrons. The molecule has 4 N–H and O–H groups in total. The van der Waals surface area contributed by atoms with E-state index >= 15 is 0 Å². The average Bonchev–Trinajstić information content (AvgIpc) is 2.46. The van der Waals surface area contributed by atoms with Crippen molar-refractivity contribution in [3.05, 3.63) is 0 Å². The molecule has 1 aliphatic rings. The van der Waals surface area contributed by atoms with Crippen LogP contribution in [0, 0.1) is 0 Å². The lowest BCUT2D eigenvalue weighted by Crippen LogP contribution is -2.58. The number of ether oxygens (including phenoxy) is 2. The molecule has 6 heteroatoms. The van der Waals surface area contributed by atoms with Crippen molar-refractivity contribution in [1.29, 1.82) is 0 Å².